The van der Waals surface area contributed by atoms with Crippen LogP contribution in [0, 0.1) is 5.41 Å². The maximum Gasteiger partial charge on any atom is 0.352 e. The number of esters is 1. The molecule has 0 heterocycles. The highest BCUT2D eigenvalue weighted by Crippen LogP contribution is 2.02. The van der Waals surface area contributed by atoms with Gasteiger partial charge in [-0.05, 0) is 12.0 Å². The fourth-order valence-electron chi connectivity index (χ4n) is 1.16. The van der Waals surface area contributed by atoms with Crippen molar-refractivity contribution in [2.45, 2.75) is 26.4 Å². The fourth-order valence-corrected chi connectivity index (χ4v) is 1.16. The summed E-state index contributed by atoms with van der Waals surface area (Å²) in [5.41, 5.74) is 0.989. The molecule has 3 nitrogen and oxygen atoms in total. The van der Waals surface area contributed by atoms with Gasteiger partial charge in [-0.1, -0.05) is 43.7 Å². The molecule has 0 spiro atoms. The molecule has 0 radical (unpaired) electrons. The summed E-state index contributed by atoms with van der Waals surface area (Å²) in [6, 6.07) is 9.46. The first-order chi connectivity index (χ1) is 7.24. The largest absolute Gasteiger partial charge is 0.456 e. The average molecular weight is 205 g/mol. The Balaban J connectivity index is 2.38. The van der Waals surface area contributed by atoms with E-state index in [1.807, 2.05) is 37.3 Å². The van der Waals surface area contributed by atoms with E-state index in [0.29, 0.717) is 6.42 Å². The molecule has 0 saturated heterocycles. The molecule has 3 heteroatoms. The SMILES string of the molecule is CCCC(=N)C(=O)OCc1ccccc1. The van der Waals surface area contributed by atoms with E-state index in [4.69, 9.17) is 10.1 Å². The van der Waals surface area contributed by atoms with Crippen molar-refractivity contribution in [2.75, 3.05) is 0 Å². The van der Waals surface area contributed by atoms with Crippen LogP contribution in [0.4, 0.5) is 0 Å². The fraction of sp³-hybridized carbons (Fsp3) is 0.333. The molecule has 15 heavy (non-hydrogen) atoms. The van der Waals surface area contributed by atoms with Crippen molar-refractivity contribution >= 4 is 11.7 Å². The van der Waals surface area contributed by atoms with Crippen LogP contribution in [0.5, 0.6) is 0 Å². The van der Waals surface area contributed by atoms with Crippen molar-refractivity contribution in [3.8, 4) is 0 Å². The lowest BCUT2D eigenvalue weighted by molar-refractivity contribution is -0.137. The lowest BCUT2D eigenvalue weighted by Gasteiger charge is -2.04. The van der Waals surface area contributed by atoms with Crippen molar-refractivity contribution < 1.29 is 9.53 Å². The van der Waals surface area contributed by atoms with Crippen molar-refractivity contribution in [3.63, 3.8) is 0 Å². The highest BCUT2D eigenvalue weighted by Gasteiger charge is 2.09. The molecule has 80 valence electrons. The number of benzene rings is 1. The molecular weight excluding hydrogens is 190 g/mol. The second-order valence-corrected chi connectivity index (χ2v) is 3.29. The van der Waals surface area contributed by atoms with Gasteiger partial charge in [0.15, 0.2) is 0 Å². The molecule has 1 N–H and O–H groups in total. The van der Waals surface area contributed by atoms with Crippen LogP contribution in [-0.4, -0.2) is 11.7 Å². The minimum absolute atomic E-state index is 0.0495. The molecule has 1 rings (SSSR count). The quantitative estimate of drug-likeness (QED) is 0.593. The molecule has 0 aromatic heterocycles. The topological polar surface area (TPSA) is 50.2 Å². The van der Waals surface area contributed by atoms with E-state index in [1.54, 1.807) is 0 Å². The third kappa shape index (κ3) is 3.94. The zero-order valence-electron chi connectivity index (χ0n) is 8.82. The second-order valence-electron chi connectivity index (χ2n) is 3.29. The van der Waals surface area contributed by atoms with Gasteiger partial charge in [0.05, 0.1) is 0 Å². The van der Waals surface area contributed by atoms with Crippen molar-refractivity contribution in [1.29, 1.82) is 5.41 Å². The molecule has 0 aliphatic heterocycles. The van der Waals surface area contributed by atoms with Crippen LogP contribution in [0.1, 0.15) is 25.3 Å². The molecule has 0 fully saturated rings. The molecule has 0 amide bonds. The van der Waals surface area contributed by atoms with Crippen LogP contribution >= 0.6 is 0 Å². The summed E-state index contributed by atoms with van der Waals surface area (Å²) in [5.74, 6) is -0.513. The minimum Gasteiger partial charge on any atom is -0.456 e. The van der Waals surface area contributed by atoms with Gasteiger partial charge in [-0.3, -0.25) is 5.41 Å². The van der Waals surface area contributed by atoms with E-state index in [9.17, 15) is 4.79 Å². The van der Waals surface area contributed by atoms with Gasteiger partial charge in [-0.15, -0.1) is 0 Å². The standard InChI is InChI=1S/C12H15NO2/c1-2-6-11(13)12(14)15-9-10-7-4-3-5-8-10/h3-5,7-8,13H,2,6,9H2,1H3. The van der Waals surface area contributed by atoms with Gasteiger partial charge in [0.1, 0.15) is 12.3 Å². The Morgan fingerprint density at radius 3 is 2.60 bits per heavy atom. The van der Waals surface area contributed by atoms with E-state index < -0.39 is 5.97 Å². The van der Waals surface area contributed by atoms with E-state index >= 15 is 0 Å². The minimum atomic E-state index is -0.513. The van der Waals surface area contributed by atoms with Gasteiger partial charge in [-0.2, -0.15) is 0 Å². The first kappa shape index (κ1) is 11.4. The molecule has 1 aromatic carbocycles. The highest BCUT2D eigenvalue weighted by molar-refractivity contribution is 6.34. The average Bonchev–Trinajstić information content (AvgIpc) is 2.27. The maximum absolute atomic E-state index is 11.3. The first-order valence-electron chi connectivity index (χ1n) is 5.02. The number of rotatable bonds is 5. The summed E-state index contributed by atoms with van der Waals surface area (Å²) in [7, 11) is 0. The molecule has 0 aliphatic rings. The molecule has 1 aromatic rings. The Labute approximate surface area is 89.6 Å². The highest BCUT2D eigenvalue weighted by atomic mass is 16.5. The summed E-state index contributed by atoms with van der Waals surface area (Å²) >= 11 is 0. The number of hydrogen-bond acceptors (Lipinski definition) is 3. The van der Waals surface area contributed by atoms with E-state index in [-0.39, 0.29) is 12.3 Å². The molecule has 0 bridgehead atoms. The van der Waals surface area contributed by atoms with Gasteiger partial charge < -0.3 is 4.74 Å². The maximum atomic E-state index is 11.3. The predicted octanol–water partition coefficient (Wildman–Crippen LogP) is 2.55. The first-order valence-corrected chi connectivity index (χ1v) is 5.02. The van der Waals surface area contributed by atoms with Gasteiger partial charge >= 0.3 is 5.97 Å². The van der Waals surface area contributed by atoms with E-state index in [2.05, 4.69) is 0 Å². The normalized spacial score (nSPS) is 9.67. The number of nitrogens with one attached hydrogen (secondary N) is 1. The van der Waals surface area contributed by atoms with Gasteiger partial charge in [0.2, 0.25) is 0 Å². The summed E-state index contributed by atoms with van der Waals surface area (Å²) in [6.45, 7) is 2.17. The summed E-state index contributed by atoms with van der Waals surface area (Å²) in [5, 5.41) is 7.39. The number of ether oxygens (including phenoxy) is 1. The number of carbonyl (C=O) groups excluding carboxylic acids is 1. The molecule has 0 unspecified atom stereocenters. The lowest BCUT2D eigenvalue weighted by Crippen LogP contribution is -2.15. The Morgan fingerprint density at radius 1 is 1.33 bits per heavy atom. The van der Waals surface area contributed by atoms with Crippen LogP contribution in [0.15, 0.2) is 30.3 Å². The Kier molecular flexibility index (Phi) is 4.54. The molecule has 0 aliphatic carbocycles. The van der Waals surface area contributed by atoms with E-state index in [0.717, 1.165) is 12.0 Å². The van der Waals surface area contributed by atoms with Crippen LogP contribution in [0.3, 0.4) is 0 Å². The second kappa shape index (κ2) is 5.96. The van der Waals surface area contributed by atoms with Gasteiger partial charge in [0.25, 0.3) is 0 Å². The monoisotopic (exact) mass is 205 g/mol. The zero-order chi connectivity index (χ0) is 11.1. The third-order valence-corrected chi connectivity index (χ3v) is 1.96. The summed E-state index contributed by atoms with van der Waals surface area (Å²) in [4.78, 5) is 11.3. The number of carbonyl (C=O) groups is 1. The lowest BCUT2D eigenvalue weighted by atomic mass is 10.2. The third-order valence-electron chi connectivity index (χ3n) is 1.96. The Hall–Kier alpha value is -1.64. The van der Waals surface area contributed by atoms with Crippen molar-refractivity contribution in [2.24, 2.45) is 0 Å². The molecule has 0 saturated carbocycles. The van der Waals surface area contributed by atoms with E-state index in [1.165, 1.54) is 0 Å². The molecular formula is C12H15NO2. The van der Waals surface area contributed by atoms with Crippen LogP contribution in [0.2, 0.25) is 0 Å². The molecule has 0 atom stereocenters. The zero-order valence-corrected chi connectivity index (χ0v) is 8.82. The smallest absolute Gasteiger partial charge is 0.352 e. The number of hydrogen-bond donors (Lipinski definition) is 1. The predicted molar refractivity (Wildman–Crippen MR) is 58.9 cm³/mol. The Bertz CT molecular complexity index is 333. The van der Waals surface area contributed by atoms with Gasteiger partial charge in [-0.25, -0.2) is 4.79 Å². The summed E-state index contributed by atoms with van der Waals surface area (Å²) in [6.07, 6.45) is 1.27. The van der Waals surface area contributed by atoms with Crippen LogP contribution in [-0.2, 0) is 16.1 Å². The van der Waals surface area contributed by atoms with Crippen molar-refractivity contribution in [1.82, 2.24) is 0 Å². The van der Waals surface area contributed by atoms with Crippen molar-refractivity contribution in [3.05, 3.63) is 35.9 Å². The van der Waals surface area contributed by atoms with Crippen LogP contribution < -0.4 is 0 Å². The summed E-state index contributed by atoms with van der Waals surface area (Å²) < 4.78 is 4.98. The van der Waals surface area contributed by atoms with Crippen LogP contribution in [0.25, 0.3) is 0 Å². The Morgan fingerprint density at radius 2 is 2.00 bits per heavy atom. The van der Waals surface area contributed by atoms with Gasteiger partial charge in [0, 0.05) is 0 Å².